The highest BCUT2D eigenvalue weighted by atomic mass is 79.9. The second kappa shape index (κ2) is 6.13. The number of hydrogen-bond acceptors (Lipinski definition) is 4. The van der Waals surface area contributed by atoms with Crippen LogP contribution in [-0.4, -0.2) is 36.7 Å². The van der Waals surface area contributed by atoms with Crippen LogP contribution in [0.25, 0.3) is 0 Å². The zero-order valence-electron chi connectivity index (χ0n) is 11.6. The zero-order valence-corrected chi connectivity index (χ0v) is 13.2. The third-order valence-corrected chi connectivity index (χ3v) is 3.25. The molecular formula is C13H16BrNO5. The standard InChI is InChI=1S/C13H16BrNO5/c1-13(2,12(17)18)15-11(16)8-5-7(19-3)6-9(14)10(8)20-4/h5-6H,1-4H3,(H,15,16)(H,17,18). The van der Waals surface area contributed by atoms with Gasteiger partial charge in [0.1, 0.15) is 17.0 Å². The van der Waals surface area contributed by atoms with E-state index in [1.165, 1.54) is 34.1 Å². The highest BCUT2D eigenvalue weighted by Gasteiger charge is 2.30. The fraction of sp³-hybridized carbons (Fsp3) is 0.385. The smallest absolute Gasteiger partial charge is 0.328 e. The number of carbonyl (C=O) groups excluding carboxylic acids is 1. The number of nitrogens with one attached hydrogen (secondary N) is 1. The Kier molecular flexibility index (Phi) is 4.99. The normalized spacial score (nSPS) is 10.8. The van der Waals surface area contributed by atoms with E-state index in [1.807, 2.05) is 0 Å². The average molecular weight is 346 g/mol. The Morgan fingerprint density at radius 2 is 1.85 bits per heavy atom. The van der Waals surface area contributed by atoms with Gasteiger partial charge < -0.3 is 19.9 Å². The Morgan fingerprint density at radius 3 is 2.30 bits per heavy atom. The molecule has 0 radical (unpaired) electrons. The fourth-order valence-electron chi connectivity index (χ4n) is 1.47. The van der Waals surface area contributed by atoms with Crippen molar-refractivity contribution in [1.29, 1.82) is 0 Å². The first-order chi connectivity index (χ1) is 9.22. The van der Waals surface area contributed by atoms with Crippen molar-refractivity contribution in [3.8, 4) is 11.5 Å². The maximum atomic E-state index is 12.2. The van der Waals surface area contributed by atoms with E-state index in [1.54, 1.807) is 6.07 Å². The van der Waals surface area contributed by atoms with Gasteiger partial charge in [-0.1, -0.05) is 0 Å². The lowest BCUT2D eigenvalue weighted by Gasteiger charge is -2.22. The number of aliphatic carboxylic acids is 1. The summed E-state index contributed by atoms with van der Waals surface area (Å²) in [5.74, 6) is -0.930. The Morgan fingerprint density at radius 1 is 1.25 bits per heavy atom. The maximum absolute atomic E-state index is 12.2. The Bertz CT molecular complexity index is 542. The molecule has 2 N–H and O–H groups in total. The molecule has 0 fully saturated rings. The van der Waals surface area contributed by atoms with Gasteiger partial charge in [0.15, 0.2) is 0 Å². The molecule has 0 heterocycles. The van der Waals surface area contributed by atoms with E-state index in [9.17, 15) is 9.59 Å². The van der Waals surface area contributed by atoms with Crippen molar-refractivity contribution in [2.75, 3.05) is 14.2 Å². The highest BCUT2D eigenvalue weighted by Crippen LogP contribution is 2.33. The van der Waals surface area contributed by atoms with Crippen LogP contribution >= 0.6 is 15.9 Å². The number of ether oxygens (including phenoxy) is 2. The van der Waals surface area contributed by atoms with E-state index in [-0.39, 0.29) is 5.56 Å². The van der Waals surface area contributed by atoms with E-state index in [0.29, 0.717) is 16.0 Å². The molecule has 110 valence electrons. The largest absolute Gasteiger partial charge is 0.497 e. The van der Waals surface area contributed by atoms with Gasteiger partial charge in [-0.3, -0.25) is 4.79 Å². The predicted octanol–water partition coefficient (Wildman–Crippen LogP) is 2.06. The summed E-state index contributed by atoms with van der Waals surface area (Å²) in [5.41, 5.74) is -1.20. The SMILES string of the molecule is COc1cc(Br)c(OC)c(C(=O)NC(C)(C)C(=O)O)c1. The molecule has 6 nitrogen and oxygen atoms in total. The zero-order chi connectivity index (χ0) is 15.5. The van der Waals surface area contributed by atoms with Crippen LogP contribution in [0.15, 0.2) is 16.6 Å². The molecule has 0 spiro atoms. The minimum atomic E-state index is -1.39. The molecule has 1 rings (SSSR count). The van der Waals surface area contributed by atoms with Gasteiger partial charge >= 0.3 is 5.97 Å². The summed E-state index contributed by atoms with van der Waals surface area (Å²) in [5, 5.41) is 11.5. The number of hydrogen-bond donors (Lipinski definition) is 2. The van der Waals surface area contributed by atoms with Crippen LogP contribution < -0.4 is 14.8 Å². The third kappa shape index (κ3) is 3.41. The summed E-state index contributed by atoms with van der Waals surface area (Å²) in [7, 11) is 2.89. The minimum Gasteiger partial charge on any atom is -0.497 e. The fourth-order valence-corrected chi connectivity index (χ4v) is 2.07. The van der Waals surface area contributed by atoms with Crippen molar-refractivity contribution in [2.24, 2.45) is 0 Å². The van der Waals surface area contributed by atoms with Crippen molar-refractivity contribution in [3.63, 3.8) is 0 Å². The summed E-state index contributed by atoms with van der Waals surface area (Å²) in [6.45, 7) is 2.80. The van der Waals surface area contributed by atoms with Crippen molar-refractivity contribution < 1.29 is 24.2 Å². The number of methoxy groups -OCH3 is 2. The lowest BCUT2D eigenvalue weighted by Crippen LogP contribution is -2.49. The summed E-state index contributed by atoms with van der Waals surface area (Å²) in [6, 6.07) is 3.13. The predicted molar refractivity (Wildman–Crippen MR) is 76.4 cm³/mol. The molecule has 0 aromatic heterocycles. The van der Waals surface area contributed by atoms with Crippen LogP contribution in [0, 0.1) is 0 Å². The molecule has 0 aliphatic rings. The highest BCUT2D eigenvalue weighted by molar-refractivity contribution is 9.10. The maximum Gasteiger partial charge on any atom is 0.328 e. The Balaban J connectivity index is 3.21. The number of rotatable bonds is 5. The van der Waals surface area contributed by atoms with E-state index >= 15 is 0 Å². The topological polar surface area (TPSA) is 84.9 Å². The van der Waals surface area contributed by atoms with Crippen LogP contribution in [0.2, 0.25) is 0 Å². The van der Waals surface area contributed by atoms with E-state index in [0.717, 1.165) is 0 Å². The lowest BCUT2D eigenvalue weighted by molar-refractivity contribution is -0.143. The molecule has 0 bridgehead atoms. The number of carbonyl (C=O) groups is 2. The number of carboxylic acids is 1. The van der Waals surface area contributed by atoms with Gasteiger partial charge in [-0.15, -0.1) is 0 Å². The van der Waals surface area contributed by atoms with Gasteiger partial charge in [0.2, 0.25) is 0 Å². The lowest BCUT2D eigenvalue weighted by atomic mass is 10.0. The van der Waals surface area contributed by atoms with Crippen LogP contribution in [0.3, 0.4) is 0 Å². The minimum absolute atomic E-state index is 0.188. The number of amides is 1. The van der Waals surface area contributed by atoms with Crippen LogP contribution in [0.1, 0.15) is 24.2 Å². The molecule has 1 aromatic rings. The van der Waals surface area contributed by atoms with Crippen LogP contribution in [0.5, 0.6) is 11.5 Å². The first kappa shape index (κ1) is 16.3. The number of carboxylic acid groups (broad SMARTS) is 1. The van der Waals surface area contributed by atoms with E-state index in [4.69, 9.17) is 14.6 Å². The van der Waals surface area contributed by atoms with Gasteiger partial charge in [-0.2, -0.15) is 0 Å². The molecule has 20 heavy (non-hydrogen) atoms. The Hall–Kier alpha value is -1.76. The van der Waals surface area contributed by atoms with E-state index in [2.05, 4.69) is 21.2 Å². The Labute approximate surface area is 125 Å². The van der Waals surface area contributed by atoms with Gasteiger partial charge in [-0.25, -0.2) is 4.79 Å². The van der Waals surface area contributed by atoms with Gasteiger partial charge in [0.05, 0.1) is 24.3 Å². The summed E-state index contributed by atoms with van der Waals surface area (Å²) in [4.78, 5) is 23.3. The second-order valence-corrected chi connectivity index (χ2v) is 5.43. The second-order valence-electron chi connectivity index (χ2n) is 4.57. The van der Waals surface area contributed by atoms with Crippen LogP contribution in [0.4, 0.5) is 0 Å². The van der Waals surface area contributed by atoms with Gasteiger partial charge in [-0.05, 0) is 41.9 Å². The van der Waals surface area contributed by atoms with Crippen LogP contribution in [-0.2, 0) is 4.79 Å². The summed E-state index contributed by atoms with van der Waals surface area (Å²) in [6.07, 6.45) is 0. The van der Waals surface area contributed by atoms with Gasteiger partial charge in [0.25, 0.3) is 5.91 Å². The first-order valence-corrected chi connectivity index (χ1v) is 6.49. The van der Waals surface area contributed by atoms with Gasteiger partial charge in [0, 0.05) is 0 Å². The molecule has 7 heteroatoms. The van der Waals surface area contributed by atoms with Crippen molar-refractivity contribution >= 4 is 27.8 Å². The third-order valence-electron chi connectivity index (χ3n) is 2.66. The molecule has 1 amide bonds. The summed E-state index contributed by atoms with van der Waals surface area (Å²) >= 11 is 3.27. The molecule has 0 aliphatic carbocycles. The van der Waals surface area contributed by atoms with Crippen molar-refractivity contribution in [2.45, 2.75) is 19.4 Å². The molecular weight excluding hydrogens is 330 g/mol. The molecule has 0 saturated heterocycles. The molecule has 0 aliphatic heterocycles. The van der Waals surface area contributed by atoms with E-state index < -0.39 is 17.4 Å². The first-order valence-electron chi connectivity index (χ1n) is 5.70. The summed E-state index contributed by atoms with van der Waals surface area (Å²) < 4.78 is 10.8. The van der Waals surface area contributed by atoms with Crippen molar-refractivity contribution in [1.82, 2.24) is 5.32 Å². The monoisotopic (exact) mass is 345 g/mol. The molecule has 0 saturated carbocycles. The quantitative estimate of drug-likeness (QED) is 0.853. The number of benzene rings is 1. The molecule has 0 atom stereocenters. The molecule has 0 unspecified atom stereocenters. The molecule has 1 aromatic carbocycles. The average Bonchev–Trinajstić information content (AvgIpc) is 2.36. The van der Waals surface area contributed by atoms with Crippen molar-refractivity contribution in [3.05, 3.63) is 22.2 Å². The number of halogens is 1.